The van der Waals surface area contributed by atoms with Crippen LogP contribution in [0.5, 0.6) is 0 Å². The molecule has 24 heavy (non-hydrogen) atoms. The number of fused-ring (bicyclic) bond motifs is 2. The Morgan fingerprint density at radius 2 is 1.50 bits per heavy atom. The van der Waals surface area contributed by atoms with Gasteiger partial charge >= 0.3 is 0 Å². The highest BCUT2D eigenvalue weighted by atomic mass is 28.2. The van der Waals surface area contributed by atoms with E-state index in [1.54, 1.807) is 5.17 Å². The number of benzene rings is 3. The summed E-state index contributed by atoms with van der Waals surface area (Å²) in [5, 5.41) is 4.29. The molecule has 3 aromatic rings. The lowest BCUT2D eigenvalue weighted by Crippen LogP contribution is -2.12. The number of hydrogen-bond acceptors (Lipinski definition) is 0. The minimum absolute atomic E-state index is 0.518. The summed E-state index contributed by atoms with van der Waals surface area (Å²) in [6.07, 6.45) is 3.53. The van der Waals surface area contributed by atoms with E-state index in [4.69, 9.17) is 0 Å². The highest BCUT2D eigenvalue weighted by Crippen LogP contribution is 2.38. The molecule has 3 aromatic carbocycles. The van der Waals surface area contributed by atoms with Crippen LogP contribution in [-0.2, 0) is 0 Å². The van der Waals surface area contributed by atoms with E-state index in [2.05, 4.69) is 86.8 Å². The van der Waals surface area contributed by atoms with Gasteiger partial charge < -0.3 is 0 Å². The Morgan fingerprint density at radius 1 is 0.792 bits per heavy atom. The third-order valence-electron chi connectivity index (χ3n) is 4.96. The standard InChI is InChI=1S/C23H22Si/c1-4-16-15-18-11-8-14-21(22(18)23(16)24(2)3)20-13-7-10-17-9-5-6-12-19(17)20/h5-15H,4H2,1-3H3. The van der Waals surface area contributed by atoms with Gasteiger partial charge in [0.1, 0.15) is 0 Å². The van der Waals surface area contributed by atoms with Gasteiger partial charge in [0.15, 0.2) is 0 Å². The number of hydrogen-bond donors (Lipinski definition) is 0. The molecule has 0 atom stereocenters. The van der Waals surface area contributed by atoms with Gasteiger partial charge in [-0.15, -0.1) is 0 Å². The number of allylic oxidation sites excluding steroid dienone is 1. The molecular formula is C23H22Si. The van der Waals surface area contributed by atoms with Crippen LogP contribution >= 0.6 is 0 Å². The van der Waals surface area contributed by atoms with Crippen LogP contribution in [-0.4, -0.2) is 13.6 Å². The molecule has 0 fully saturated rings. The van der Waals surface area contributed by atoms with Gasteiger partial charge in [-0.05, 0) is 50.2 Å². The largest absolute Gasteiger partial charge is 0.0616 e. The van der Waals surface area contributed by atoms with Gasteiger partial charge in [0.25, 0.3) is 0 Å². The van der Waals surface area contributed by atoms with Crippen molar-refractivity contribution in [3.63, 3.8) is 0 Å². The fourth-order valence-electron chi connectivity index (χ4n) is 3.92. The minimum atomic E-state index is -0.518. The molecule has 0 nitrogen and oxygen atoms in total. The first-order valence-electron chi connectivity index (χ1n) is 8.70. The van der Waals surface area contributed by atoms with Crippen LogP contribution in [0.1, 0.15) is 24.5 Å². The lowest BCUT2D eigenvalue weighted by molar-refractivity contribution is 1.19. The molecule has 0 amide bonds. The summed E-state index contributed by atoms with van der Waals surface area (Å²) in [5.74, 6) is 0. The van der Waals surface area contributed by atoms with Crippen LogP contribution in [0.25, 0.3) is 28.0 Å². The molecule has 0 aromatic heterocycles. The summed E-state index contributed by atoms with van der Waals surface area (Å²) in [5.41, 5.74) is 7.18. The molecule has 1 aliphatic rings. The van der Waals surface area contributed by atoms with Crippen molar-refractivity contribution in [1.29, 1.82) is 0 Å². The number of rotatable bonds is 2. The first-order valence-corrected chi connectivity index (χ1v) is 11.2. The molecule has 0 heterocycles. The second-order valence-corrected chi connectivity index (χ2v) is 9.19. The molecule has 118 valence electrons. The van der Waals surface area contributed by atoms with Crippen LogP contribution in [0.15, 0.2) is 66.2 Å². The van der Waals surface area contributed by atoms with Crippen molar-refractivity contribution in [1.82, 2.24) is 0 Å². The molecule has 1 aliphatic carbocycles. The van der Waals surface area contributed by atoms with E-state index < -0.39 is 8.41 Å². The van der Waals surface area contributed by atoms with Crippen molar-refractivity contribution in [2.75, 3.05) is 0 Å². The summed E-state index contributed by atoms with van der Waals surface area (Å²) < 4.78 is 0. The summed E-state index contributed by atoms with van der Waals surface area (Å²) in [6, 6.07) is 22.2. The Balaban J connectivity index is 2.05. The molecule has 0 N–H and O–H groups in total. The zero-order valence-electron chi connectivity index (χ0n) is 14.6. The Labute approximate surface area is 145 Å². The molecule has 0 radical (unpaired) electrons. The van der Waals surface area contributed by atoms with E-state index in [9.17, 15) is 0 Å². The molecule has 0 spiro atoms. The Hall–Kier alpha value is -2.25. The average molecular weight is 327 g/mol. The molecule has 0 unspecified atom stereocenters. The zero-order chi connectivity index (χ0) is 16.7. The Kier molecular flexibility index (Phi) is 3.82. The Morgan fingerprint density at radius 3 is 2.29 bits per heavy atom. The van der Waals surface area contributed by atoms with Crippen molar-refractivity contribution < 1.29 is 0 Å². The smallest absolute Gasteiger partial charge is 0.0140 e. The van der Waals surface area contributed by atoms with Crippen LogP contribution < -0.4 is 0 Å². The fraction of sp³-hybridized carbons (Fsp3) is 0.174. The molecule has 0 aliphatic heterocycles. The average Bonchev–Trinajstić information content (AvgIpc) is 3.00. The molecular weight excluding hydrogens is 304 g/mol. The quantitative estimate of drug-likeness (QED) is 0.494. The molecule has 0 saturated carbocycles. The van der Waals surface area contributed by atoms with Gasteiger partial charge in [-0.3, -0.25) is 0 Å². The zero-order valence-corrected chi connectivity index (χ0v) is 15.6. The van der Waals surface area contributed by atoms with Gasteiger partial charge in [-0.1, -0.05) is 86.8 Å². The molecule has 0 saturated heterocycles. The lowest BCUT2D eigenvalue weighted by atomic mass is 9.92. The summed E-state index contributed by atoms with van der Waals surface area (Å²) in [4.78, 5) is 0. The van der Waals surface area contributed by atoms with Gasteiger partial charge in [-0.2, -0.15) is 0 Å². The normalized spacial score (nSPS) is 13.1. The summed E-state index contributed by atoms with van der Waals surface area (Å²) in [7, 11) is -0.518. The van der Waals surface area contributed by atoms with Gasteiger partial charge in [0.2, 0.25) is 0 Å². The predicted octanol–water partition coefficient (Wildman–Crippen LogP) is 6.17. The SMILES string of the molecule is CCC1=Cc2cccc(-c3cccc4ccccc34)c2C1=[Si](C)C. The lowest BCUT2D eigenvalue weighted by Gasteiger charge is -2.15. The van der Waals surface area contributed by atoms with Gasteiger partial charge in [-0.25, -0.2) is 0 Å². The first kappa shape index (κ1) is 15.3. The van der Waals surface area contributed by atoms with Crippen LogP contribution in [0.4, 0.5) is 0 Å². The van der Waals surface area contributed by atoms with Gasteiger partial charge in [0.05, 0.1) is 0 Å². The fourth-order valence-corrected chi connectivity index (χ4v) is 5.59. The van der Waals surface area contributed by atoms with Crippen molar-refractivity contribution in [2.45, 2.75) is 26.4 Å². The van der Waals surface area contributed by atoms with E-state index in [-0.39, 0.29) is 0 Å². The van der Waals surface area contributed by atoms with Crippen molar-refractivity contribution >= 4 is 30.4 Å². The van der Waals surface area contributed by atoms with E-state index in [0.29, 0.717) is 0 Å². The molecule has 4 rings (SSSR count). The highest BCUT2D eigenvalue weighted by molar-refractivity contribution is 6.76. The maximum absolute atomic E-state index is 2.42. The Bertz CT molecular complexity index is 996. The minimum Gasteiger partial charge on any atom is -0.0616 e. The van der Waals surface area contributed by atoms with Crippen molar-refractivity contribution in [3.05, 3.63) is 77.4 Å². The maximum atomic E-state index is 2.42. The third kappa shape index (κ3) is 2.32. The second-order valence-electron chi connectivity index (χ2n) is 6.69. The van der Waals surface area contributed by atoms with Crippen LogP contribution in [0.3, 0.4) is 0 Å². The third-order valence-corrected chi connectivity index (χ3v) is 6.53. The van der Waals surface area contributed by atoms with Crippen LogP contribution in [0, 0.1) is 0 Å². The van der Waals surface area contributed by atoms with E-state index in [1.807, 2.05) is 0 Å². The van der Waals surface area contributed by atoms with E-state index >= 15 is 0 Å². The molecule has 1 heteroatoms. The summed E-state index contributed by atoms with van der Waals surface area (Å²) >= 11 is 0. The van der Waals surface area contributed by atoms with Crippen molar-refractivity contribution in [2.24, 2.45) is 0 Å². The van der Waals surface area contributed by atoms with Crippen LogP contribution in [0.2, 0.25) is 13.1 Å². The predicted molar refractivity (Wildman–Crippen MR) is 109 cm³/mol. The monoisotopic (exact) mass is 326 g/mol. The topological polar surface area (TPSA) is 0 Å². The van der Waals surface area contributed by atoms with Gasteiger partial charge in [0, 0.05) is 8.41 Å². The second kappa shape index (κ2) is 5.99. The van der Waals surface area contributed by atoms with E-state index in [1.165, 1.54) is 38.6 Å². The van der Waals surface area contributed by atoms with E-state index in [0.717, 1.165) is 6.42 Å². The van der Waals surface area contributed by atoms with Crippen molar-refractivity contribution in [3.8, 4) is 11.1 Å². The summed E-state index contributed by atoms with van der Waals surface area (Å²) in [6.45, 7) is 7.11. The highest BCUT2D eigenvalue weighted by Gasteiger charge is 2.22. The molecule has 0 bridgehead atoms. The first-order chi connectivity index (χ1) is 11.7. The maximum Gasteiger partial charge on any atom is 0.0140 e.